The van der Waals surface area contributed by atoms with Crippen LogP contribution >= 0.6 is 11.8 Å². The van der Waals surface area contributed by atoms with Gasteiger partial charge in [-0.3, -0.25) is 4.79 Å². The smallest absolute Gasteiger partial charge is 0.243 e. The van der Waals surface area contributed by atoms with E-state index < -0.39 is 12.1 Å². The lowest BCUT2D eigenvalue weighted by Gasteiger charge is -2.23. The van der Waals surface area contributed by atoms with Gasteiger partial charge in [-0.15, -0.1) is 11.8 Å². The van der Waals surface area contributed by atoms with Crippen LogP contribution in [0, 0.1) is 5.82 Å². The first-order valence-electron chi connectivity index (χ1n) is 5.65. The number of benzene rings is 1. The van der Waals surface area contributed by atoms with Gasteiger partial charge < -0.3 is 15.7 Å². The minimum absolute atomic E-state index is 0.267. The van der Waals surface area contributed by atoms with Gasteiger partial charge in [-0.05, 0) is 17.7 Å². The molecule has 0 spiro atoms. The van der Waals surface area contributed by atoms with Crippen LogP contribution in [0.4, 0.5) is 4.39 Å². The van der Waals surface area contributed by atoms with Crippen LogP contribution in [0.1, 0.15) is 11.7 Å². The summed E-state index contributed by atoms with van der Waals surface area (Å²) in [5.41, 5.74) is 6.21. The summed E-state index contributed by atoms with van der Waals surface area (Å²) in [7, 11) is 0. The third-order valence-corrected chi connectivity index (χ3v) is 3.87. The molecule has 0 aromatic heterocycles. The monoisotopic (exact) mass is 270 g/mol. The van der Waals surface area contributed by atoms with Gasteiger partial charge in [0.25, 0.3) is 0 Å². The molecule has 98 valence electrons. The van der Waals surface area contributed by atoms with E-state index >= 15 is 0 Å². The topological polar surface area (TPSA) is 66.6 Å². The zero-order valence-corrected chi connectivity index (χ0v) is 10.6. The molecule has 0 aliphatic carbocycles. The van der Waals surface area contributed by atoms with Crippen molar-refractivity contribution in [2.24, 2.45) is 5.73 Å². The fourth-order valence-electron chi connectivity index (χ4n) is 1.80. The first-order chi connectivity index (χ1) is 8.59. The number of thioether (sulfide) groups is 1. The second-order valence-electron chi connectivity index (χ2n) is 4.16. The molecule has 1 aliphatic heterocycles. The van der Waals surface area contributed by atoms with Gasteiger partial charge in [0, 0.05) is 12.3 Å². The largest absolute Gasteiger partial charge is 0.386 e. The number of nitrogens with two attached hydrogens (primary N) is 1. The summed E-state index contributed by atoms with van der Waals surface area (Å²) >= 11 is 1.66. The number of nitrogens with zero attached hydrogens (tertiary/aromatic N) is 1. The van der Waals surface area contributed by atoms with E-state index in [0.29, 0.717) is 18.0 Å². The molecule has 1 saturated heterocycles. The highest BCUT2D eigenvalue weighted by Gasteiger charge is 2.29. The molecule has 6 heteroatoms. The van der Waals surface area contributed by atoms with Gasteiger partial charge in [-0.25, -0.2) is 4.39 Å². The van der Waals surface area contributed by atoms with Crippen LogP contribution in [0.5, 0.6) is 0 Å². The summed E-state index contributed by atoms with van der Waals surface area (Å²) in [6, 6.07) is 4.34. The van der Waals surface area contributed by atoms with E-state index in [1.807, 2.05) is 0 Å². The van der Waals surface area contributed by atoms with E-state index in [2.05, 4.69) is 0 Å². The SMILES string of the molecule is NC(C(=O)N1CCSC1)C(O)c1ccc(F)cc1. The Hall–Kier alpha value is -1.11. The van der Waals surface area contributed by atoms with Gasteiger partial charge in [0.2, 0.25) is 5.91 Å². The standard InChI is InChI=1S/C12H15FN2O2S/c13-9-3-1-8(2-4-9)11(16)10(14)12(17)15-5-6-18-7-15/h1-4,10-11,16H,5-7,14H2. The van der Waals surface area contributed by atoms with Crippen molar-refractivity contribution in [1.82, 2.24) is 4.90 Å². The normalized spacial score (nSPS) is 18.7. The van der Waals surface area contributed by atoms with Crippen LogP contribution in [-0.4, -0.2) is 40.1 Å². The second kappa shape index (κ2) is 5.69. The third-order valence-electron chi connectivity index (χ3n) is 2.90. The molecule has 1 amide bonds. The molecule has 2 atom stereocenters. The highest BCUT2D eigenvalue weighted by molar-refractivity contribution is 7.99. The van der Waals surface area contributed by atoms with E-state index in [9.17, 15) is 14.3 Å². The summed E-state index contributed by atoms with van der Waals surface area (Å²) in [4.78, 5) is 13.6. The van der Waals surface area contributed by atoms with Crippen molar-refractivity contribution in [3.63, 3.8) is 0 Å². The lowest BCUT2D eigenvalue weighted by Crippen LogP contribution is -2.45. The van der Waals surface area contributed by atoms with Gasteiger partial charge in [0.15, 0.2) is 0 Å². The molecule has 1 fully saturated rings. The van der Waals surface area contributed by atoms with Crippen LogP contribution in [0.15, 0.2) is 24.3 Å². The minimum Gasteiger partial charge on any atom is -0.386 e. The van der Waals surface area contributed by atoms with E-state index in [4.69, 9.17) is 5.73 Å². The third kappa shape index (κ3) is 2.82. The number of rotatable bonds is 3. The molecule has 1 heterocycles. The molecule has 1 aliphatic rings. The quantitative estimate of drug-likeness (QED) is 0.849. The van der Waals surface area contributed by atoms with Crippen LogP contribution in [0.25, 0.3) is 0 Å². The summed E-state index contributed by atoms with van der Waals surface area (Å²) in [5.74, 6) is 0.854. The van der Waals surface area contributed by atoms with Crippen molar-refractivity contribution < 1.29 is 14.3 Å². The van der Waals surface area contributed by atoms with Crippen molar-refractivity contribution in [2.45, 2.75) is 12.1 Å². The number of amides is 1. The van der Waals surface area contributed by atoms with Crippen molar-refractivity contribution >= 4 is 17.7 Å². The molecule has 0 saturated carbocycles. The Bertz CT molecular complexity index is 421. The second-order valence-corrected chi connectivity index (χ2v) is 5.24. The molecule has 2 rings (SSSR count). The van der Waals surface area contributed by atoms with Crippen molar-refractivity contribution in [2.75, 3.05) is 18.2 Å². The fourth-order valence-corrected chi connectivity index (χ4v) is 2.76. The first-order valence-corrected chi connectivity index (χ1v) is 6.80. The van der Waals surface area contributed by atoms with Gasteiger partial charge in [-0.1, -0.05) is 12.1 Å². The minimum atomic E-state index is -1.11. The van der Waals surface area contributed by atoms with E-state index in [1.54, 1.807) is 16.7 Å². The molecule has 3 N–H and O–H groups in total. The summed E-state index contributed by atoms with van der Waals surface area (Å²) in [5, 5.41) is 10.0. The molecule has 0 radical (unpaired) electrons. The molecule has 4 nitrogen and oxygen atoms in total. The molecule has 0 bridgehead atoms. The highest BCUT2D eigenvalue weighted by atomic mass is 32.2. The Morgan fingerprint density at radius 2 is 2.11 bits per heavy atom. The Labute approximate surface area is 109 Å². The number of hydrogen-bond donors (Lipinski definition) is 2. The predicted octanol–water partition coefficient (Wildman–Crippen LogP) is 0.719. The number of hydrogen-bond acceptors (Lipinski definition) is 4. The maximum atomic E-state index is 12.8. The van der Waals surface area contributed by atoms with Crippen LogP contribution in [0.3, 0.4) is 0 Å². The van der Waals surface area contributed by atoms with Gasteiger partial charge >= 0.3 is 0 Å². The zero-order valence-electron chi connectivity index (χ0n) is 9.75. The molecule has 18 heavy (non-hydrogen) atoms. The van der Waals surface area contributed by atoms with Crippen LogP contribution in [0.2, 0.25) is 0 Å². The van der Waals surface area contributed by atoms with E-state index in [0.717, 1.165) is 5.75 Å². The number of aliphatic hydroxyl groups is 1. The number of carbonyl (C=O) groups is 1. The molecule has 2 unspecified atom stereocenters. The average Bonchev–Trinajstić information content (AvgIpc) is 2.91. The highest BCUT2D eigenvalue weighted by Crippen LogP contribution is 2.20. The average molecular weight is 270 g/mol. The maximum absolute atomic E-state index is 12.8. The predicted molar refractivity (Wildman–Crippen MR) is 68.4 cm³/mol. The van der Waals surface area contributed by atoms with Crippen LogP contribution < -0.4 is 5.73 Å². The number of carbonyl (C=O) groups excluding carboxylic acids is 1. The molecule has 1 aromatic rings. The van der Waals surface area contributed by atoms with E-state index in [-0.39, 0.29) is 11.7 Å². The first kappa shape index (κ1) is 13.3. The summed E-state index contributed by atoms with van der Waals surface area (Å²) < 4.78 is 12.8. The van der Waals surface area contributed by atoms with Crippen molar-refractivity contribution in [3.05, 3.63) is 35.6 Å². The number of halogens is 1. The maximum Gasteiger partial charge on any atom is 0.243 e. The Balaban J connectivity index is 2.05. The lowest BCUT2D eigenvalue weighted by atomic mass is 10.0. The van der Waals surface area contributed by atoms with Crippen molar-refractivity contribution in [1.29, 1.82) is 0 Å². The fraction of sp³-hybridized carbons (Fsp3) is 0.417. The van der Waals surface area contributed by atoms with Gasteiger partial charge in [0.05, 0.1) is 5.88 Å². The summed E-state index contributed by atoms with van der Waals surface area (Å²) in [6.07, 6.45) is -1.11. The summed E-state index contributed by atoms with van der Waals surface area (Å²) in [6.45, 7) is 0.660. The van der Waals surface area contributed by atoms with E-state index in [1.165, 1.54) is 24.3 Å². The van der Waals surface area contributed by atoms with Gasteiger partial charge in [0.1, 0.15) is 18.0 Å². The Morgan fingerprint density at radius 3 is 2.67 bits per heavy atom. The zero-order chi connectivity index (χ0) is 13.1. The van der Waals surface area contributed by atoms with Gasteiger partial charge in [-0.2, -0.15) is 0 Å². The van der Waals surface area contributed by atoms with Crippen LogP contribution in [-0.2, 0) is 4.79 Å². The lowest BCUT2D eigenvalue weighted by molar-refractivity contribution is -0.133. The molecular weight excluding hydrogens is 255 g/mol. The number of aliphatic hydroxyl groups excluding tert-OH is 1. The Kier molecular flexibility index (Phi) is 4.21. The molecule has 1 aromatic carbocycles. The molecular formula is C12H15FN2O2S. The van der Waals surface area contributed by atoms with Crippen molar-refractivity contribution in [3.8, 4) is 0 Å². The Morgan fingerprint density at radius 1 is 1.44 bits per heavy atom.